The van der Waals surface area contributed by atoms with Gasteiger partial charge in [-0.05, 0) is 99.1 Å². The maximum atomic E-state index is 13.9. The number of halogens is 2. The summed E-state index contributed by atoms with van der Waals surface area (Å²) in [6, 6.07) is 52.0. The largest absolute Gasteiger partial charge is 0.455 e. The van der Waals surface area contributed by atoms with Crippen molar-refractivity contribution in [3.8, 4) is 56.4 Å². The third-order valence-electron chi connectivity index (χ3n) is 9.88. The van der Waals surface area contributed by atoms with Crippen LogP contribution in [0.1, 0.15) is 0 Å². The van der Waals surface area contributed by atoms with Crippen LogP contribution in [0.15, 0.2) is 168 Å². The minimum atomic E-state index is -0.359. The van der Waals surface area contributed by atoms with Gasteiger partial charge in [0, 0.05) is 32.8 Å². The van der Waals surface area contributed by atoms with Crippen molar-refractivity contribution >= 4 is 43.5 Å². The second-order valence-electron chi connectivity index (χ2n) is 13.1. The SMILES string of the molecule is Fc1ccc(-c2nc(-c3ccc(F)cc3)nc(-c3cccc4oc5c6ccccc6c(-c6ccc(-c7cccc8ccccc78)cc6)cc5c34)n2)cc1. The van der Waals surface area contributed by atoms with Gasteiger partial charge in [0.1, 0.15) is 22.8 Å². The Hall–Kier alpha value is -7.05. The van der Waals surface area contributed by atoms with E-state index in [1.165, 1.54) is 40.6 Å². The van der Waals surface area contributed by atoms with E-state index in [9.17, 15) is 8.78 Å². The smallest absolute Gasteiger partial charge is 0.164 e. The third kappa shape index (κ3) is 5.31. The van der Waals surface area contributed by atoms with Crippen molar-refractivity contribution in [2.45, 2.75) is 0 Å². The lowest BCUT2D eigenvalue weighted by Gasteiger charge is -2.11. The van der Waals surface area contributed by atoms with E-state index in [4.69, 9.17) is 19.4 Å². The minimum Gasteiger partial charge on any atom is -0.455 e. The summed E-state index contributed by atoms with van der Waals surface area (Å²) in [7, 11) is 0. The zero-order valence-electron chi connectivity index (χ0n) is 28.1. The molecule has 0 saturated carbocycles. The van der Waals surface area contributed by atoms with E-state index < -0.39 is 0 Å². The van der Waals surface area contributed by atoms with Crippen LogP contribution in [0.2, 0.25) is 0 Å². The van der Waals surface area contributed by atoms with Crippen LogP contribution in [0.4, 0.5) is 8.78 Å². The van der Waals surface area contributed by atoms with E-state index in [1.54, 1.807) is 24.3 Å². The van der Waals surface area contributed by atoms with Crippen molar-refractivity contribution in [3.63, 3.8) is 0 Å². The van der Waals surface area contributed by atoms with Crippen molar-refractivity contribution in [1.29, 1.82) is 0 Å². The molecule has 0 fully saturated rings. The lowest BCUT2D eigenvalue weighted by atomic mass is 9.92. The fourth-order valence-corrected chi connectivity index (χ4v) is 7.33. The predicted octanol–water partition coefficient (Wildman–Crippen LogP) is 12.7. The first-order valence-corrected chi connectivity index (χ1v) is 17.3. The topological polar surface area (TPSA) is 51.8 Å². The van der Waals surface area contributed by atoms with Gasteiger partial charge >= 0.3 is 0 Å². The molecule has 0 amide bonds. The quantitative estimate of drug-likeness (QED) is 0.181. The standard InChI is InChI=1S/C47H27F2N3O/c48-33-23-19-31(20-24-33)45-50-46(32-21-25-34(49)26-22-32)52-47(51-45)39-13-6-14-42-43(39)41-27-40(37-10-3-4-11-38(37)44(41)53-42)30-17-15-29(16-18-30)36-12-5-8-28-7-1-2-9-35(28)36/h1-27H. The number of benzene rings is 8. The molecule has 53 heavy (non-hydrogen) atoms. The van der Waals surface area contributed by atoms with Crippen molar-refractivity contribution in [2.75, 3.05) is 0 Å². The van der Waals surface area contributed by atoms with Crippen molar-refractivity contribution in [1.82, 2.24) is 15.0 Å². The molecule has 10 aromatic rings. The van der Waals surface area contributed by atoms with Crippen LogP contribution in [-0.4, -0.2) is 15.0 Å². The van der Waals surface area contributed by atoms with Crippen LogP contribution in [0.3, 0.4) is 0 Å². The molecule has 4 nitrogen and oxygen atoms in total. The highest BCUT2D eigenvalue weighted by Crippen LogP contribution is 2.43. The Bertz CT molecular complexity index is 2940. The molecule has 0 bridgehead atoms. The highest BCUT2D eigenvalue weighted by molar-refractivity contribution is 6.22. The zero-order valence-corrected chi connectivity index (χ0v) is 28.1. The molecule has 0 radical (unpaired) electrons. The highest BCUT2D eigenvalue weighted by Gasteiger charge is 2.21. The molecule has 6 heteroatoms. The molecule has 8 aromatic carbocycles. The number of nitrogens with zero attached hydrogens (tertiary/aromatic N) is 3. The Morgan fingerprint density at radius 1 is 0.377 bits per heavy atom. The number of furan rings is 1. The molecule has 0 N–H and O–H groups in total. The molecule has 0 aliphatic heterocycles. The highest BCUT2D eigenvalue weighted by atomic mass is 19.1. The molecule has 10 rings (SSSR count). The van der Waals surface area contributed by atoms with Gasteiger partial charge in [-0.3, -0.25) is 0 Å². The van der Waals surface area contributed by atoms with Crippen molar-refractivity contribution in [3.05, 3.63) is 175 Å². The lowest BCUT2D eigenvalue weighted by molar-refractivity contribution is 0.627. The maximum Gasteiger partial charge on any atom is 0.164 e. The second-order valence-corrected chi connectivity index (χ2v) is 13.1. The van der Waals surface area contributed by atoms with Gasteiger partial charge in [-0.25, -0.2) is 23.7 Å². The summed E-state index contributed by atoms with van der Waals surface area (Å²) in [5.41, 5.74) is 7.96. The Labute approximate surface area is 302 Å². The molecule has 250 valence electrons. The predicted molar refractivity (Wildman–Crippen MR) is 209 cm³/mol. The lowest BCUT2D eigenvalue weighted by Crippen LogP contribution is -2.00. The van der Waals surface area contributed by atoms with Crippen LogP contribution >= 0.6 is 0 Å². The normalized spacial score (nSPS) is 11.6. The Balaban J connectivity index is 1.18. The summed E-state index contributed by atoms with van der Waals surface area (Å²) in [6.07, 6.45) is 0. The molecular formula is C47H27F2N3O. The van der Waals surface area contributed by atoms with Gasteiger partial charge in [0.05, 0.1) is 0 Å². The average Bonchev–Trinajstić information content (AvgIpc) is 3.60. The van der Waals surface area contributed by atoms with Crippen LogP contribution < -0.4 is 0 Å². The number of hydrogen-bond donors (Lipinski definition) is 0. The summed E-state index contributed by atoms with van der Waals surface area (Å²) >= 11 is 0. The van der Waals surface area contributed by atoms with Crippen molar-refractivity contribution in [2.24, 2.45) is 0 Å². The second kappa shape index (κ2) is 12.3. The van der Waals surface area contributed by atoms with Gasteiger partial charge < -0.3 is 4.42 Å². The Kier molecular flexibility index (Phi) is 7.15. The Morgan fingerprint density at radius 2 is 0.887 bits per heavy atom. The van der Waals surface area contributed by atoms with Crippen molar-refractivity contribution < 1.29 is 13.2 Å². The first-order chi connectivity index (χ1) is 26.1. The molecular weight excluding hydrogens is 661 g/mol. The third-order valence-corrected chi connectivity index (χ3v) is 9.88. The van der Waals surface area contributed by atoms with Gasteiger partial charge in [-0.2, -0.15) is 0 Å². The summed E-state index contributed by atoms with van der Waals surface area (Å²) in [5, 5.41) is 6.29. The number of fused-ring (bicyclic) bond motifs is 6. The fourth-order valence-electron chi connectivity index (χ4n) is 7.33. The van der Waals surface area contributed by atoms with Gasteiger partial charge in [0.2, 0.25) is 0 Å². The van der Waals surface area contributed by atoms with Gasteiger partial charge in [0.25, 0.3) is 0 Å². The number of hydrogen-bond acceptors (Lipinski definition) is 4. The maximum absolute atomic E-state index is 13.9. The van der Waals surface area contributed by atoms with Crippen LogP contribution in [0.25, 0.3) is 99.9 Å². The molecule has 2 aromatic heterocycles. The molecule has 0 aliphatic carbocycles. The summed E-state index contributed by atoms with van der Waals surface area (Å²) in [6.45, 7) is 0. The van der Waals surface area contributed by atoms with E-state index in [-0.39, 0.29) is 11.6 Å². The van der Waals surface area contributed by atoms with Gasteiger partial charge in [-0.1, -0.05) is 103 Å². The first-order valence-electron chi connectivity index (χ1n) is 17.3. The van der Waals surface area contributed by atoms with E-state index in [0.29, 0.717) is 34.2 Å². The fraction of sp³-hybridized carbons (Fsp3) is 0. The molecule has 0 atom stereocenters. The molecule has 0 unspecified atom stereocenters. The Morgan fingerprint density at radius 3 is 1.57 bits per heavy atom. The summed E-state index contributed by atoms with van der Waals surface area (Å²) in [4.78, 5) is 14.6. The molecule has 0 spiro atoms. The van der Waals surface area contributed by atoms with Gasteiger partial charge in [0.15, 0.2) is 17.5 Å². The summed E-state index contributed by atoms with van der Waals surface area (Å²) in [5.74, 6) is 0.444. The monoisotopic (exact) mass is 687 g/mol. The summed E-state index contributed by atoms with van der Waals surface area (Å²) < 4.78 is 34.5. The van der Waals surface area contributed by atoms with Crippen LogP contribution in [-0.2, 0) is 0 Å². The molecule has 0 saturated heterocycles. The molecule has 0 aliphatic rings. The molecule has 2 heterocycles. The van der Waals surface area contributed by atoms with E-state index in [0.717, 1.165) is 49.4 Å². The first kappa shape index (κ1) is 30.7. The van der Waals surface area contributed by atoms with Crippen LogP contribution in [0, 0.1) is 11.6 Å². The number of aromatic nitrogens is 3. The zero-order chi connectivity index (χ0) is 35.5. The van der Waals surface area contributed by atoms with E-state index in [1.807, 2.05) is 24.3 Å². The average molecular weight is 688 g/mol. The van der Waals surface area contributed by atoms with E-state index in [2.05, 4.69) is 91.0 Å². The minimum absolute atomic E-state index is 0.359. The number of rotatable bonds is 5. The van der Waals surface area contributed by atoms with Crippen LogP contribution in [0.5, 0.6) is 0 Å². The van der Waals surface area contributed by atoms with E-state index >= 15 is 0 Å². The van der Waals surface area contributed by atoms with Gasteiger partial charge in [-0.15, -0.1) is 0 Å².